The Bertz CT molecular complexity index is 1310. The minimum Gasteiger partial charge on any atom is -0.465 e. The summed E-state index contributed by atoms with van der Waals surface area (Å²) in [5, 5.41) is 1.10. The number of carbonyl (C=O) groups is 1. The third-order valence-corrected chi connectivity index (χ3v) is 5.63. The van der Waals surface area contributed by atoms with Gasteiger partial charge in [0, 0.05) is 10.9 Å². The minimum atomic E-state index is -0.499. The smallest absolute Gasteiger partial charge is 0.338 e. The summed E-state index contributed by atoms with van der Waals surface area (Å²) in [7, 11) is 1.39. The van der Waals surface area contributed by atoms with Gasteiger partial charge in [-0.2, -0.15) is 0 Å². The maximum Gasteiger partial charge on any atom is 0.338 e. The van der Waals surface area contributed by atoms with Crippen molar-refractivity contribution in [3.63, 3.8) is 0 Å². The van der Waals surface area contributed by atoms with E-state index in [1.807, 2.05) is 49.4 Å². The monoisotopic (exact) mass is 425 g/mol. The number of methoxy groups -OCH3 is 1. The second-order valence-corrected chi connectivity index (χ2v) is 7.92. The van der Waals surface area contributed by atoms with Gasteiger partial charge in [-0.3, -0.25) is 0 Å². The van der Waals surface area contributed by atoms with E-state index in [-0.39, 0.29) is 5.97 Å². The number of hydrogen-bond donors (Lipinski definition) is 0. The molecule has 2 heterocycles. The maximum absolute atomic E-state index is 12.2. The molecule has 0 saturated carbocycles. The minimum absolute atomic E-state index is 0.353. The van der Waals surface area contributed by atoms with Crippen LogP contribution in [0.25, 0.3) is 22.0 Å². The van der Waals surface area contributed by atoms with Gasteiger partial charge in [-0.25, -0.2) is 9.78 Å². The zero-order valence-corrected chi connectivity index (χ0v) is 18.0. The van der Waals surface area contributed by atoms with Crippen LogP contribution in [0, 0.1) is 6.92 Å². The molecule has 0 bridgehead atoms. The standard InChI is InChI=1S/C27H23NO4/c1-17-11-18(13-20(12-17)22-8-4-5-9-23(22)26(29)30-2)15-31-27-25-21(16-32-27)14-19-7-3-6-10-24(19)28-25/h3-14,27H,15-16H2,1-2H3. The number of esters is 1. The summed E-state index contributed by atoms with van der Waals surface area (Å²) in [4.78, 5) is 17.0. The Hall–Kier alpha value is -3.54. The first-order chi connectivity index (χ1) is 15.6. The van der Waals surface area contributed by atoms with Gasteiger partial charge in [-0.1, -0.05) is 54.1 Å². The van der Waals surface area contributed by atoms with Crippen LogP contribution in [0.2, 0.25) is 0 Å². The first-order valence-electron chi connectivity index (χ1n) is 10.5. The summed E-state index contributed by atoms with van der Waals surface area (Å²) in [6, 6.07) is 23.8. The van der Waals surface area contributed by atoms with E-state index in [1.165, 1.54) is 7.11 Å². The van der Waals surface area contributed by atoms with E-state index in [2.05, 4.69) is 24.3 Å². The van der Waals surface area contributed by atoms with Gasteiger partial charge in [0.1, 0.15) is 5.69 Å². The van der Waals surface area contributed by atoms with E-state index >= 15 is 0 Å². The van der Waals surface area contributed by atoms with Crippen LogP contribution in [-0.2, 0) is 27.4 Å². The van der Waals surface area contributed by atoms with Crippen molar-refractivity contribution >= 4 is 16.9 Å². The van der Waals surface area contributed by atoms with Crippen molar-refractivity contribution in [1.82, 2.24) is 4.98 Å². The number of aromatic nitrogens is 1. The molecule has 0 fully saturated rings. The molecular weight excluding hydrogens is 402 g/mol. The zero-order chi connectivity index (χ0) is 22.1. The van der Waals surface area contributed by atoms with Crippen LogP contribution >= 0.6 is 0 Å². The number of rotatable bonds is 5. The summed E-state index contributed by atoms with van der Waals surface area (Å²) >= 11 is 0. The van der Waals surface area contributed by atoms with Crippen LogP contribution < -0.4 is 0 Å². The average Bonchev–Trinajstić information content (AvgIpc) is 3.22. The lowest BCUT2D eigenvalue weighted by Crippen LogP contribution is -2.06. The highest BCUT2D eigenvalue weighted by atomic mass is 16.7. The van der Waals surface area contributed by atoms with Crippen LogP contribution in [-0.4, -0.2) is 18.1 Å². The van der Waals surface area contributed by atoms with Crippen molar-refractivity contribution < 1.29 is 19.0 Å². The zero-order valence-electron chi connectivity index (χ0n) is 18.0. The molecule has 0 aliphatic carbocycles. The molecule has 5 nitrogen and oxygen atoms in total. The van der Waals surface area contributed by atoms with Crippen molar-refractivity contribution in [3.05, 3.63) is 101 Å². The number of carbonyl (C=O) groups excluding carboxylic acids is 1. The summed E-state index contributed by atoms with van der Waals surface area (Å²) in [6.07, 6.45) is -0.499. The van der Waals surface area contributed by atoms with E-state index in [0.717, 1.165) is 44.4 Å². The molecule has 1 atom stereocenters. The maximum atomic E-state index is 12.2. The predicted octanol–water partition coefficient (Wildman–Crippen LogP) is 5.74. The van der Waals surface area contributed by atoms with E-state index in [9.17, 15) is 4.79 Å². The summed E-state index contributed by atoms with van der Waals surface area (Å²) < 4.78 is 17.0. The Balaban J connectivity index is 1.40. The predicted molar refractivity (Wildman–Crippen MR) is 122 cm³/mol. The number of aryl methyl sites for hydroxylation is 1. The molecule has 1 aliphatic rings. The normalized spacial score (nSPS) is 15.0. The number of benzene rings is 3. The first-order valence-corrected chi connectivity index (χ1v) is 10.5. The van der Waals surface area contributed by atoms with Gasteiger partial charge in [-0.05, 0) is 47.9 Å². The van der Waals surface area contributed by atoms with E-state index in [0.29, 0.717) is 18.8 Å². The quantitative estimate of drug-likeness (QED) is 0.382. The van der Waals surface area contributed by atoms with Crippen molar-refractivity contribution in [1.29, 1.82) is 0 Å². The van der Waals surface area contributed by atoms with E-state index in [4.69, 9.17) is 19.2 Å². The Kier molecular flexibility index (Phi) is 5.43. The molecule has 160 valence electrons. The molecular formula is C27H23NO4. The Morgan fingerprint density at radius 2 is 1.88 bits per heavy atom. The molecule has 4 aromatic rings. The number of pyridine rings is 1. The molecule has 3 aromatic carbocycles. The number of para-hydroxylation sites is 1. The van der Waals surface area contributed by atoms with Crippen molar-refractivity contribution in [2.24, 2.45) is 0 Å². The molecule has 0 radical (unpaired) electrons. The number of nitrogens with zero attached hydrogens (tertiary/aromatic N) is 1. The lowest BCUT2D eigenvalue weighted by molar-refractivity contribution is -0.147. The van der Waals surface area contributed by atoms with Gasteiger partial charge in [0.05, 0.1) is 31.4 Å². The Labute approximate surface area is 186 Å². The number of hydrogen-bond acceptors (Lipinski definition) is 5. The molecule has 1 unspecified atom stereocenters. The van der Waals surface area contributed by atoms with Crippen molar-refractivity contribution in [2.75, 3.05) is 7.11 Å². The summed E-state index contributed by atoms with van der Waals surface area (Å²) in [6.45, 7) is 2.89. The van der Waals surface area contributed by atoms with Gasteiger partial charge in [-0.15, -0.1) is 0 Å². The Morgan fingerprint density at radius 1 is 1.06 bits per heavy atom. The fourth-order valence-electron chi connectivity index (χ4n) is 4.16. The summed E-state index contributed by atoms with van der Waals surface area (Å²) in [5.41, 5.74) is 7.23. The van der Waals surface area contributed by atoms with Crippen LogP contribution in [0.3, 0.4) is 0 Å². The lowest BCUT2D eigenvalue weighted by atomic mass is 9.96. The lowest BCUT2D eigenvalue weighted by Gasteiger charge is -2.14. The largest absolute Gasteiger partial charge is 0.465 e. The molecule has 1 aromatic heterocycles. The highest BCUT2D eigenvalue weighted by Gasteiger charge is 2.26. The SMILES string of the molecule is COC(=O)c1ccccc1-c1cc(C)cc(COC2OCc3cc4ccccc4nc32)c1. The van der Waals surface area contributed by atoms with Crippen molar-refractivity contribution in [3.8, 4) is 11.1 Å². The third-order valence-electron chi connectivity index (χ3n) is 5.63. The second kappa shape index (κ2) is 8.54. The fraction of sp³-hybridized carbons (Fsp3) is 0.185. The molecule has 0 amide bonds. The van der Waals surface area contributed by atoms with Crippen molar-refractivity contribution in [2.45, 2.75) is 26.4 Å². The Morgan fingerprint density at radius 3 is 2.75 bits per heavy atom. The highest BCUT2D eigenvalue weighted by molar-refractivity contribution is 5.97. The second-order valence-electron chi connectivity index (χ2n) is 7.92. The molecule has 32 heavy (non-hydrogen) atoms. The van der Waals surface area contributed by atoms with E-state index < -0.39 is 6.29 Å². The molecule has 0 N–H and O–H groups in total. The topological polar surface area (TPSA) is 57.7 Å². The van der Waals surface area contributed by atoms with Crippen LogP contribution in [0.4, 0.5) is 0 Å². The molecule has 5 heteroatoms. The first kappa shape index (κ1) is 20.4. The van der Waals surface area contributed by atoms with Gasteiger partial charge in [0.2, 0.25) is 6.29 Å². The van der Waals surface area contributed by atoms with Crippen LogP contribution in [0.5, 0.6) is 0 Å². The summed E-state index contributed by atoms with van der Waals surface area (Å²) in [5.74, 6) is -0.353. The van der Waals surface area contributed by atoms with Gasteiger partial charge >= 0.3 is 5.97 Å². The molecule has 0 saturated heterocycles. The third kappa shape index (κ3) is 3.88. The highest BCUT2D eigenvalue weighted by Crippen LogP contribution is 2.33. The van der Waals surface area contributed by atoms with Gasteiger partial charge < -0.3 is 14.2 Å². The number of ether oxygens (including phenoxy) is 3. The average molecular weight is 425 g/mol. The fourth-order valence-corrected chi connectivity index (χ4v) is 4.16. The van der Waals surface area contributed by atoms with Gasteiger partial charge in [0.25, 0.3) is 0 Å². The van der Waals surface area contributed by atoms with Gasteiger partial charge in [0.15, 0.2) is 0 Å². The molecule has 0 spiro atoms. The number of fused-ring (bicyclic) bond motifs is 2. The molecule has 5 rings (SSSR count). The molecule has 1 aliphatic heterocycles. The van der Waals surface area contributed by atoms with Crippen LogP contribution in [0.15, 0.2) is 72.8 Å². The van der Waals surface area contributed by atoms with Crippen LogP contribution in [0.1, 0.15) is 39.0 Å². The van der Waals surface area contributed by atoms with E-state index in [1.54, 1.807) is 6.07 Å².